The maximum atomic E-state index is 11.9. The summed E-state index contributed by atoms with van der Waals surface area (Å²) in [5, 5.41) is 5.88. The van der Waals surface area contributed by atoms with E-state index in [4.69, 9.17) is 0 Å². The van der Waals surface area contributed by atoms with Crippen LogP contribution in [0.4, 0.5) is 5.69 Å². The van der Waals surface area contributed by atoms with Gasteiger partial charge in [0.15, 0.2) is 0 Å². The van der Waals surface area contributed by atoms with Crippen molar-refractivity contribution in [2.45, 2.75) is 26.4 Å². The van der Waals surface area contributed by atoms with Crippen LogP contribution in [0.5, 0.6) is 0 Å². The Balaban J connectivity index is 2.65. The molecule has 0 aromatic heterocycles. The number of hydrogen-bond acceptors (Lipinski definition) is 4. The molecule has 1 unspecified atom stereocenters. The molecule has 0 saturated heterocycles. The van der Waals surface area contributed by atoms with E-state index in [1.807, 2.05) is 25.1 Å². The fraction of sp³-hybridized carbons (Fsp3) is 0.462. The predicted octanol–water partition coefficient (Wildman–Crippen LogP) is 0.672. The number of carbonyl (C=O) groups excluding carboxylic acids is 1. The van der Waals surface area contributed by atoms with Crippen molar-refractivity contribution in [3.63, 3.8) is 0 Å². The maximum absolute atomic E-state index is 11.9. The molecule has 0 heterocycles. The van der Waals surface area contributed by atoms with E-state index < -0.39 is 22.0 Å². The molecule has 1 atom stereocenters. The summed E-state index contributed by atoms with van der Waals surface area (Å²) < 4.78 is 24.4. The largest absolute Gasteiger partial charge is 0.325 e. The van der Waals surface area contributed by atoms with Crippen LogP contribution in [0.2, 0.25) is 0 Å². The zero-order chi connectivity index (χ0) is 15.2. The number of amides is 1. The third kappa shape index (κ3) is 6.14. The lowest BCUT2D eigenvalue weighted by Crippen LogP contribution is -2.41. The lowest BCUT2D eigenvalue weighted by molar-refractivity contribution is -0.117. The summed E-state index contributed by atoms with van der Waals surface area (Å²) in [6, 6.07) is 6.60. The smallest absolute Gasteiger partial charge is 0.242 e. The zero-order valence-electron chi connectivity index (χ0n) is 11.9. The van der Waals surface area contributed by atoms with Gasteiger partial charge in [0.05, 0.1) is 12.3 Å². The quantitative estimate of drug-likeness (QED) is 0.690. The van der Waals surface area contributed by atoms with Crippen LogP contribution >= 0.6 is 0 Å². The van der Waals surface area contributed by atoms with Crippen LogP contribution in [0.25, 0.3) is 0 Å². The summed E-state index contributed by atoms with van der Waals surface area (Å²) in [5.41, 5.74) is 1.70. The van der Waals surface area contributed by atoms with Gasteiger partial charge in [0.25, 0.3) is 0 Å². The van der Waals surface area contributed by atoms with Crippen LogP contribution in [0.15, 0.2) is 24.3 Å². The molecule has 6 nitrogen and oxygen atoms in total. The molecule has 0 bridgehead atoms. The molecule has 20 heavy (non-hydrogen) atoms. The molecule has 112 valence electrons. The number of anilines is 1. The molecular formula is C13H21N3O3S. The van der Waals surface area contributed by atoms with Crippen LogP contribution in [0, 0.1) is 0 Å². The van der Waals surface area contributed by atoms with Gasteiger partial charge in [-0.15, -0.1) is 0 Å². The van der Waals surface area contributed by atoms with Crippen molar-refractivity contribution < 1.29 is 13.2 Å². The van der Waals surface area contributed by atoms with E-state index in [1.165, 1.54) is 6.92 Å². The number of benzene rings is 1. The van der Waals surface area contributed by atoms with E-state index in [1.54, 1.807) is 6.07 Å². The number of rotatable bonds is 7. The van der Waals surface area contributed by atoms with Crippen molar-refractivity contribution in [1.29, 1.82) is 0 Å². The molecule has 0 aliphatic rings. The van der Waals surface area contributed by atoms with Crippen molar-refractivity contribution in [3.8, 4) is 0 Å². The topological polar surface area (TPSA) is 87.3 Å². The van der Waals surface area contributed by atoms with Crippen LogP contribution in [0.1, 0.15) is 19.4 Å². The average Bonchev–Trinajstić information content (AvgIpc) is 2.34. The second kappa shape index (κ2) is 7.37. The van der Waals surface area contributed by atoms with E-state index in [9.17, 15) is 13.2 Å². The second-order valence-electron chi connectivity index (χ2n) is 4.58. The van der Waals surface area contributed by atoms with Gasteiger partial charge < -0.3 is 10.6 Å². The van der Waals surface area contributed by atoms with Gasteiger partial charge in [-0.1, -0.05) is 19.1 Å². The minimum absolute atomic E-state index is 0.393. The third-order valence-corrected chi connectivity index (χ3v) is 3.34. The maximum Gasteiger partial charge on any atom is 0.242 e. The minimum Gasteiger partial charge on any atom is -0.325 e. The van der Waals surface area contributed by atoms with Crippen LogP contribution in [-0.2, 0) is 21.4 Å². The third-order valence-electron chi connectivity index (χ3n) is 2.56. The van der Waals surface area contributed by atoms with Crippen molar-refractivity contribution >= 4 is 21.6 Å². The van der Waals surface area contributed by atoms with Gasteiger partial charge in [0.1, 0.15) is 0 Å². The lowest BCUT2D eigenvalue weighted by atomic mass is 10.2. The molecule has 0 saturated carbocycles. The fourth-order valence-electron chi connectivity index (χ4n) is 1.65. The molecule has 0 spiro atoms. The molecule has 1 aromatic rings. The number of hydrogen-bond donors (Lipinski definition) is 3. The Morgan fingerprint density at radius 2 is 2.05 bits per heavy atom. The monoisotopic (exact) mass is 299 g/mol. The number of carbonyl (C=O) groups is 1. The molecule has 1 amide bonds. The van der Waals surface area contributed by atoms with Crippen molar-refractivity contribution in [1.82, 2.24) is 10.0 Å². The van der Waals surface area contributed by atoms with Gasteiger partial charge in [-0.3, -0.25) is 4.79 Å². The molecule has 0 aliphatic heterocycles. The highest BCUT2D eigenvalue weighted by atomic mass is 32.2. The van der Waals surface area contributed by atoms with Gasteiger partial charge in [-0.25, -0.2) is 13.1 Å². The second-order valence-corrected chi connectivity index (χ2v) is 6.36. The highest BCUT2D eigenvalue weighted by Gasteiger charge is 2.16. The van der Waals surface area contributed by atoms with Crippen molar-refractivity contribution in [2.75, 3.05) is 18.1 Å². The highest BCUT2D eigenvalue weighted by molar-refractivity contribution is 7.88. The minimum atomic E-state index is -3.40. The zero-order valence-corrected chi connectivity index (χ0v) is 12.8. The van der Waals surface area contributed by atoms with E-state index in [0.717, 1.165) is 24.9 Å². The molecule has 1 rings (SSSR count). The summed E-state index contributed by atoms with van der Waals surface area (Å²) in [5.74, 6) is -0.393. The van der Waals surface area contributed by atoms with Gasteiger partial charge in [-0.05, 0) is 31.2 Å². The summed E-state index contributed by atoms with van der Waals surface area (Å²) >= 11 is 0. The summed E-state index contributed by atoms with van der Waals surface area (Å²) in [6.07, 6.45) is 1.02. The first-order chi connectivity index (χ1) is 9.31. The van der Waals surface area contributed by atoms with Crippen LogP contribution < -0.4 is 15.4 Å². The Bertz CT molecular complexity index is 558. The number of nitrogens with one attached hydrogen (secondary N) is 3. The van der Waals surface area contributed by atoms with Crippen LogP contribution in [-0.4, -0.2) is 33.2 Å². The summed E-state index contributed by atoms with van der Waals surface area (Å²) in [7, 11) is -3.40. The van der Waals surface area contributed by atoms with Gasteiger partial charge in [-0.2, -0.15) is 0 Å². The van der Waals surface area contributed by atoms with Gasteiger partial charge >= 0.3 is 0 Å². The summed E-state index contributed by atoms with van der Waals surface area (Å²) in [6.45, 7) is 5.10. The SMILES string of the molecule is CCNCc1cccc(NC(=O)C(C)NS(C)(=O)=O)c1. The van der Waals surface area contributed by atoms with Crippen molar-refractivity contribution in [2.24, 2.45) is 0 Å². The normalized spacial score (nSPS) is 12.9. The molecule has 0 fully saturated rings. The highest BCUT2D eigenvalue weighted by Crippen LogP contribution is 2.11. The van der Waals surface area contributed by atoms with E-state index >= 15 is 0 Å². The Kier molecular flexibility index (Phi) is 6.12. The Morgan fingerprint density at radius 1 is 1.35 bits per heavy atom. The molecule has 1 aromatic carbocycles. The fourth-order valence-corrected chi connectivity index (χ4v) is 2.40. The molecule has 7 heteroatoms. The molecule has 0 aliphatic carbocycles. The Hall–Kier alpha value is -1.44. The molecular weight excluding hydrogens is 278 g/mol. The first kappa shape index (κ1) is 16.6. The Morgan fingerprint density at radius 3 is 2.65 bits per heavy atom. The first-order valence-electron chi connectivity index (χ1n) is 6.39. The number of sulfonamides is 1. The Labute approximate surface area is 120 Å². The van der Waals surface area contributed by atoms with Crippen LogP contribution in [0.3, 0.4) is 0 Å². The molecule has 3 N–H and O–H groups in total. The van der Waals surface area contributed by atoms with E-state index in [-0.39, 0.29) is 0 Å². The predicted molar refractivity (Wildman–Crippen MR) is 79.9 cm³/mol. The van der Waals surface area contributed by atoms with Gasteiger partial charge in [0.2, 0.25) is 15.9 Å². The van der Waals surface area contributed by atoms with E-state index in [2.05, 4.69) is 15.4 Å². The standard InChI is InChI=1S/C13H21N3O3S/c1-4-14-9-11-6-5-7-12(8-11)15-13(17)10(2)16-20(3,18)19/h5-8,10,14,16H,4,9H2,1-3H3,(H,15,17). The van der Waals surface area contributed by atoms with Crippen molar-refractivity contribution in [3.05, 3.63) is 29.8 Å². The van der Waals surface area contributed by atoms with Gasteiger partial charge in [0, 0.05) is 12.2 Å². The van der Waals surface area contributed by atoms with E-state index in [0.29, 0.717) is 5.69 Å². The summed E-state index contributed by atoms with van der Waals surface area (Å²) in [4.78, 5) is 11.9. The first-order valence-corrected chi connectivity index (χ1v) is 8.29. The molecule has 0 radical (unpaired) electrons. The lowest BCUT2D eigenvalue weighted by Gasteiger charge is -2.13. The average molecular weight is 299 g/mol.